The topological polar surface area (TPSA) is 40.6 Å². The third kappa shape index (κ3) is 6.04. The van der Waals surface area contributed by atoms with Crippen LogP contribution in [0.15, 0.2) is 60.7 Å². The molecule has 0 aromatic heterocycles. The first-order valence-corrected chi connectivity index (χ1v) is 9.96. The third-order valence-electron chi connectivity index (χ3n) is 3.41. The van der Waals surface area contributed by atoms with E-state index in [1.807, 2.05) is 0 Å². The number of alkyl halides is 3. The van der Waals surface area contributed by atoms with Gasteiger partial charge in [0.1, 0.15) is 0 Å². The van der Waals surface area contributed by atoms with Crippen LogP contribution in [0, 0.1) is 0 Å². The Kier molecular flexibility index (Phi) is 7.09. The van der Waals surface area contributed by atoms with Crippen LogP contribution >= 0.6 is 46.8 Å². The van der Waals surface area contributed by atoms with Gasteiger partial charge in [0.25, 0.3) is 14.9 Å². The van der Waals surface area contributed by atoms with E-state index in [0.29, 0.717) is 23.1 Å². The van der Waals surface area contributed by atoms with Crippen LogP contribution < -0.4 is 0 Å². The number of hydrogen-bond donors (Lipinski definition) is 0. The zero-order valence-electron chi connectivity index (χ0n) is 15.0. The van der Waals surface area contributed by atoms with Crippen molar-refractivity contribution < 1.29 is 9.59 Å². The van der Waals surface area contributed by atoms with Gasteiger partial charge >= 0.3 is 0 Å². The van der Waals surface area contributed by atoms with E-state index in [4.69, 9.17) is 34.8 Å². The first kappa shape index (κ1) is 21.9. The standard InChI is InChI=1S/C19H19Cl3N2O2S/c1-18(2,3)23(16(25)14-10-6-4-7-11-14)24(27-19(20,21)22)17(26)15-12-8-5-9-13-15/h4-13H,1-3H3. The summed E-state index contributed by atoms with van der Waals surface area (Å²) in [6, 6.07) is 17.2. The Balaban J connectivity index is 2.53. The van der Waals surface area contributed by atoms with Crippen LogP contribution in [0.1, 0.15) is 41.5 Å². The Bertz CT molecular complexity index is 790. The SMILES string of the molecule is CC(C)(C)N(C(=O)c1ccccc1)N(SC(Cl)(Cl)Cl)C(=O)c1ccccc1. The van der Waals surface area contributed by atoms with Gasteiger partial charge in [-0.3, -0.25) is 9.59 Å². The second-order valence-electron chi connectivity index (χ2n) is 6.63. The largest absolute Gasteiger partial charge is 0.283 e. The summed E-state index contributed by atoms with van der Waals surface area (Å²) < 4.78 is -0.720. The number of amides is 2. The molecule has 0 radical (unpaired) electrons. The molecule has 0 aliphatic rings. The van der Waals surface area contributed by atoms with Crippen molar-refractivity contribution in [2.75, 3.05) is 0 Å². The van der Waals surface area contributed by atoms with E-state index >= 15 is 0 Å². The Labute approximate surface area is 178 Å². The molecule has 2 amide bonds. The van der Waals surface area contributed by atoms with Gasteiger partial charge in [-0.1, -0.05) is 71.2 Å². The lowest BCUT2D eigenvalue weighted by Crippen LogP contribution is -2.56. The van der Waals surface area contributed by atoms with Crippen LogP contribution in [-0.4, -0.2) is 29.9 Å². The summed E-state index contributed by atoms with van der Waals surface area (Å²) in [4.78, 5) is 26.4. The van der Waals surface area contributed by atoms with Crippen molar-refractivity contribution in [1.29, 1.82) is 0 Å². The lowest BCUT2D eigenvalue weighted by atomic mass is 10.1. The van der Waals surface area contributed by atoms with Gasteiger partial charge < -0.3 is 0 Å². The van der Waals surface area contributed by atoms with Crippen molar-refractivity contribution in [3.8, 4) is 0 Å². The molecule has 2 rings (SSSR count). The lowest BCUT2D eigenvalue weighted by Gasteiger charge is -2.43. The number of hydrazine groups is 1. The highest BCUT2D eigenvalue weighted by molar-refractivity contribution is 8.03. The summed E-state index contributed by atoms with van der Waals surface area (Å²) >= 11 is 18.5. The van der Waals surface area contributed by atoms with Crippen molar-refractivity contribution in [3.63, 3.8) is 0 Å². The molecule has 4 nitrogen and oxygen atoms in total. The number of carbonyl (C=O) groups is 2. The summed E-state index contributed by atoms with van der Waals surface area (Å²) in [6.45, 7) is 5.41. The number of benzene rings is 2. The first-order valence-electron chi connectivity index (χ1n) is 8.05. The van der Waals surface area contributed by atoms with Crippen molar-refractivity contribution in [2.24, 2.45) is 0 Å². The van der Waals surface area contributed by atoms with E-state index in [-0.39, 0.29) is 5.91 Å². The minimum absolute atomic E-state index is 0.370. The fraction of sp³-hybridized carbons (Fsp3) is 0.263. The van der Waals surface area contributed by atoms with Crippen LogP contribution in [0.3, 0.4) is 0 Å². The average molecular weight is 446 g/mol. The normalized spacial score (nSPS) is 11.8. The third-order valence-corrected chi connectivity index (χ3v) is 4.74. The maximum absolute atomic E-state index is 13.2. The quantitative estimate of drug-likeness (QED) is 0.332. The van der Waals surface area contributed by atoms with E-state index in [1.54, 1.807) is 81.4 Å². The van der Waals surface area contributed by atoms with Crippen LogP contribution in [0.5, 0.6) is 0 Å². The number of halogens is 3. The fourth-order valence-electron chi connectivity index (χ4n) is 2.32. The predicted octanol–water partition coefficient (Wildman–Crippen LogP) is 5.96. The molecule has 0 fully saturated rings. The average Bonchev–Trinajstić information content (AvgIpc) is 2.59. The van der Waals surface area contributed by atoms with Crippen molar-refractivity contribution >= 4 is 58.6 Å². The molecule has 144 valence electrons. The molecule has 0 saturated carbocycles. The van der Waals surface area contributed by atoms with Crippen LogP contribution in [0.25, 0.3) is 0 Å². The highest BCUT2D eigenvalue weighted by atomic mass is 35.6. The van der Waals surface area contributed by atoms with Crippen molar-refractivity contribution in [3.05, 3.63) is 71.8 Å². The van der Waals surface area contributed by atoms with Gasteiger partial charge in [0.2, 0.25) is 0 Å². The number of rotatable bonds is 3. The van der Waals surface area contributed by atoms with Gasteiger partial charge in [-0.25, -0.2) is 5.01 Å². The smallest absolute Gasteiger partial charge is 0.267 e. The second-order valence-corrected chi connectivity index (χ2v) is 10.7. The molecule has 0 bridgehead atoms. The molecule has 0 aliphatic heterocycles. The van der Waals surface area contributed by atoms with E-state index in [9.17, 15) is 9.59 Å². The minimum Gasteiger partial charge on any atom is -0.267 e. The molecular weight excluding hydrogens is 427 g/mol. The van der Waals surface area contributed by atoms with Gasteiger partial charge in [0, 0.05) is 23.1 Å². The molecule has 8 heteroatoms. The molecule has 0 unspecified atom stereocenters. The summed E-state index contributed by atoms with van der Waals surface area (Å²) in [5.74, 6) is -0.847. The molecule has 0 atom stereocenters. The van der Waals surface area contributed by atoms with Gasteiger partial charge in [-0.15, -0.1) is 0 Å². The van der Waals surface area contributed by atoms with Gasteiger partial charge in [-0.2, -0.15) is 4.41 Å². The second kappa shape index (κ2) is 8.74. The Hall–Kier alpha value is -1.40. The van der Waals surface area contributed by atoms with Crippen LogP contribution in [-0.2, 0) is 0 Å². The number of hydrogen-bond acceptors (Lipinski definition) is 3. The van der Waals surface area contributed by atoms with E-state index in [0.717, 1.165) is 4.41 Å². The lowest BCUT2D eigenvalue weighted by molar-refractivity contribution is -0.000132. The molecule has 27 heavy (non-hydrogen) atoms. The fourth-order valence-corrected chi connectivity index (χ4v) is 3.70. The Morgan fingerprint density at radius 2 is 1.19 bits per heavy atom. The molecule has 2 aromatic rings. The Morgan fingerprint density at radius 3 is 1.56 bits per heavy atom. The zero-order chi connectivity index (χ0) is 20.2. The van der Waals surface area contributed by atoms with E-state index in [1.165, 1.54) is 5.01 Å². The predicted molar refractivity (Wildman–Crippen MR) is 113 cm³/mol. The van der Waals surface area contributed by atoms with Crippen molar-refractivity contribution in [2.45, 2.75) is 29.4 Å². The Morgan fingerprint density at radius 1 is 0.778 bits per heavy atom. The summed E-state index contributed by atoms with van der Waals surface area (Å²) in [5, 5.41) is 1.31. The van der Waals surface area contributed by atoms with E-state index in [2.05, 4.69) is 0 Å². The zero-order valence-corrected chi connectivity index (χ0v) is 18.1. The minimum atomic E-state index is -1.84. The molecule has 2 aromatic carbocycles. The molecule has 0 N–H and O–H groups in total. The van der Waals surface area contributed by atoms with Crippen LogP contribution in [0.4, 0.5) is 0 Å². The van der Waals surface area contributed by atoms with Gasteiger partial charge in [-0.05, 0) is 45.0 Å². The molecule has 0 saturated heterocycles. The summed E-state index contributed by atoms with van der Waals surface area (Å²) in [5.41, 5.74) is 0.0258. The number of carbonyl (C=O) groups excluding carboxylic acids is 2. The number of nitrogens with zero attached hydrogens (tertiary/aromatic N) is 2. The van der Waals surface area contributed by atoms with Gasteiger partial charge in [0.15, 0.2) is 0 Å². The maximum Gasteiger partial charge on any atom is 0.283 e. The monoisotopic (exact) mass is 444 g/mol. The highest BCUT2D eigenvalue weighted by Crippen LogP contribution is 2.43. The molecule has 0 aliphatic carbocycles. The maximum atomic E-state index is 13.2. The summed E-state index contributed by atoms with van der Waals surface area (Å²) in [6.07, 6.45) is 0. The first-order chi connectivity index (χ1) is 12.5. The molecular formula is C19H19Cl3N2O2S. The van der Waals surface area contributed by atoms with E-state index < -0.39 is 14.6 Å². The van der Waals surface area contributed by atoms with Gasteiger partial charge in [0.05, 0.1) is 5.54 Å². The molecule has 0 spiro atoms. The highest BCUT2D eigenvalue weighted by Gasteiger charge is 2.40. The van der Waals surface area contributed by atoms with Crippen molar-refractivity contribution in [1.82, 2.24) is 9.42 Å². The molecule has 0 heterocycles. The summed E-state index contributed by atoms with van der Waals surface area (Å²) in [7, 11) is 0. The van der Waals surface area contributed by atoms with Crippen LogP contribution in [0.2, 0.25) is 0 Å².